The van der Waals surface area contributed by atoms with E-state index in [0.717, 1.165) is 35.2 Å². The summed E-state index contributed by atoms with van der Waals surface area (Å²) in [5.41, 5.74) is 5.24. The monoisotopic (exact) mass is 458 g/mol. The van der Waals surface area contributed by atoms with E-state index in [9.17, 15) is 4.79 Å². The van der Waals surface area contributed by atoms with Crippen LogP contribution in [0.15, 0.2) is 48.5 Å². The molecule has 0 spiro atoms. The molecule has 0 fully saturated rings. The maximum atomic E-state index is 13.0. The molecule has 0 radical (unpaired) electrons. The van der Waals surface area contributed by atoms with Crippen molar-refractivity contribution in [1.82, 2.24) is 20.1 Å². The van der Waals surface area contributed by atoms with Gasteiger partial charge in [-0.2, -0.15) is 5.10 Å². The summed E-state index contributed by atoms with van der Waals surface area (Å²) in [7, 11) is 0. The molecule has 0 saturated carbocycles. The van der Waals surface area contributed by atoms with E-state index in [4.69, 9.17) is 10.1 Å². The molecule has 6 heteroatoms. The highest BCUT2D eigenvalue weighted by Crippen LogP contribution is 2.27. The Balaban J connectivity index is 1.29. The molecule has 170 valence electrons. The zero-order chi connectivity index (χ0) is 22.8. The maximum Gasteiger partial charge on any atom is 0.272 e. The van der Waals surface area contributed by atoms with Gasteiger partial charge in [-0.15, -0.1) is 11.3 Å². The van der Waals surface area contributed by atoms with Crippen molar-refractivity contribution in [2.24, 2.45) is 0 Å². The van der Waals surface area contributed by atoms with Crippen LogP contribution < -0.4 is 5.32 Å². The lowest BCUT2D eigenvalue weighted by molar-refractivity contribution is 0.0950. The van der Waals surface area contributed by atoms with E-state index in [-0.39, 0.29) is 5.91 Å². The summed E-state index contributed by atoms with van der Waals surface area (Å²) in [6.45, 7) is 5.60. The van der Waals surface area contributed by atoms with E-state index in [1.807, 2.05) is 40.3 Å². The third-order valence-electron chi connectivity index (χ3n) is 6.37. The van der Waals surface area contributed by atoms with Crippen LogP contribution in [-0.2, 0) is 25.8 Å². The highest BCUT2D eigenvalue weighted by molar-refractivity contribution is 7.11. The third kappa shape index (κ3) is 4.71. The van der Waals surface area contributed by atoms with Gasteiger partial charge in [0.25, 0.3) is 5.91 Å². The fourth-order valence-corrected chi connectivity index (χ4v) is 5.63. The Morgan fingerprint density at radius 3 is 2.67 bits per heavy atom. The molecule has 33 heavy (non-hydrogen) atoms. The second-order valence-electron chi connectivity index (χ2n) is 9.11. The highest BCUT2D eigenvalue weighted by Gasteiger charge is 2.18. The number of hydrogen-bond donors (Lipinski definition) is 1. The molecule has 2 aromatic carbocycles. The number of aromatic nitrogens is 3. The Morgan fingerprint density at radius 1 is 1.09 bits per heavy atom. The molecule has 0 atom stereocenters. The van der Waals surface area contributed by atoms with E-state index >= 15 is 0 Å². The zero-order valence-electron chi connectivity index (χ0n) is 19.3. The summed E-state index contributed by atoms with van der Waals surface area (Å²) < 4.78 is 1.93. The second kappa shape index (κ2) is 9.48. The average molecular weight is 459 g/mol. The van der Waals surface area contributed by atoms with E-state index in [1.54, 1.807) is 0 Å². The fraction of sp³-hybridized carbons (Fsp3) is 0.370. The van der Waals surface area contributed by atoms with Gasteiger partial charge >= 0.3 is 0 Å². The first-order chi connectivity index (χ1) is 16.1. The molecule has 1 amide bonds. The molecule has 1 N–H and O–H groups in total. The number of thiazole rings is 1. The summed E-state index contributed by atoms with van der Waals surface area (Å²) in [5.74, 6) is 0.385. The molecular formula is C27H30N4OS. The molecule has 4 aromatic rings. The Hall–Kier alpha value is -2.99. The van der Waals surface area contributed by atoms with Crippen molar-refractivity contribution in [3.8, 4) is 0 Å². The first-order valence-corrected chi connectivity index (χ1v) is 12.7. The van der Waals surface area contributed by atoms with Crippen molar-refractivity contribution in [2.45, 2.75) is 58.4 Å². The van der Waals surface area contributed by atoms with Crippen LogP contribution in [0.25, 0.3) is 10.9 Å². The maximum absolute atomic E-state index is 13.0. The molecule has 0 unspecified atom stereocenters. The van der Waals surface area contributed by atoms with E-state index in [1.165, 1.54) is 34.5 Å². The number of carbonyl (C=O) groups excluding carboxylic acids is 1. The minimum absolute atomic E-state index is 0.124. The molecule has 0 bridgehead atoms. The summed E-state index contributed by atoms with van der Waals surface area (Å²) in [5, 5.41) is 9.80. The molecule has 5 nitrogen and oxygen atoms in total. The summed E-state index contributed by atoms with van der Waals surface area (Å²) in [4.78, 5) is 19.2. The molecule has 1 aliphatic carbocycles. The first-order valence-electron chi connectivity index (χ1n) is 11.9. The van der Waals surface area contributed by atoms with Gasteiger partial charge in [0.15, 0.2) is 5.69 Å². The van der Waals surface area contributed by atoms with Gasteiger partial charge in [0, 0.05) is 23.2 Å². The number of fused-ring (bicyclic) bond motifs is 2. The van der Waals surface area contributed by atoms with Crippen molar-refractivity contribution in [3.05, 3.63) is 80.9 Å². The SMILES string of the molecule is CC(C)c1ccc(Cn2nc(C(=O)NCCc3nc4c(s3)CCCC4)c3ccccc32)cc1. The summed E-state index contributed by atoms with van der Waals surface area (Å²) in [6, 6.07) is 16.6. The fourth-order valence-electron chi connectivity index (χ4n) is 4.48. The number of benzene rings is 2. The van der Waals surface area contributed by atoms with Crippen LogP contribution in [0.2, 0.25) is 0 Å². The van der Waals surface area contributed by atoms with Crippen LogP contribution in [-0.4, -0.2) is 27.2 Å². The summed E-state index contributed by atoms with van der Waals surface area (Å²) >= 11 is 1.81. The molecule has 0 saturated heterocycles. The Labute approximate surface area is 198 Å². The number of amides is 1. The van der Waals surface area contributed by atoms with Crippen LogP contribution in [0.4, 0.5) is 0 Å². The number of aryl methyl sites for hydroxylation is 2. The minimum atomic E-state index is -0.124. The zero-order valence-corrected chi connectivity index (χ0v) is 20.1. The van der Waals surface area contributed by atoms with Gasteiger partial charge in [-0.05, 0) is 48.8 Å². The van der Waals surface area contributed by atoms with E-state index in [0.29, 0.717) is 24.7 Å². The lowest BCUT2D eigenvalue weighted by atomic mass is 10.0. The van der Waals surface area contributed by atoms with Crippen molar-refractivity contribution in [1.29, 1.82) is 0 Å². The summed E-state index contributed by atoms with van der Waals surface area (Å²) in [6.07, 6.45) is 5.53. The highest BCUT2D eigenvalue weighted by atomic mass is 32.1. The lowest BCUT2D eigenvalue weighted by Gasteiger charge is -2.08. The number of hydrogen-bond acceptors (Lipinski definition) is 4. The predicted octanol–water partition coefficient (Wildman–Crippen LogP) is 5.52. The largest absolute Gasteiger partial charge is 0.350 e. The minimum Gasteiger partial charge on any atom is -0.350 e. The van der Waals surface area contributed by atoms with Crippen LogP contribution in [0, 0.1) is 0 Å². The van der Waals surface area contributed by atoms with Crippen LogP contribution in [0.1, 0.15) is 69.8 Å². The van der Waals surface area contributed by atoms with Gasteiger partial charge in [0.1, 0.15) is 0 Å². The third-order valence-corrected chi connectivity index (χ3v) is 7.58. The topological polar surface area (TPSA) is 59.8 Å². The Bertz CT molecular complexity index is 1250. The number of para-hydroxylation sites is 1. The van der Waals surface area contributed by atoms with E-state index in [2.05, 4.69) is 43.4 Å². The first kappa shape index (κ1) is 21.8. The lowest BCUT2D eigenvalue weighted by Crippen LogP contribution is -2.26. The molecule has 5 rings (SSSR count). The standard InChI is InChI=1S/C27H30N4OS/c1-18(2)20-13-11-19(12-14-20)17-31-23-9-5-3-7-21(23)26(30-31)27(32)28-16-15-25-29-22-8-4-6-10-24(22)33-25/h3,5,7,9,11-14,18H,4,6,8,10,15-17H2,1-2H3,(H,28,32). The number of rotatable bonds is 7. The van der Waals surface area contributed by atoms with Gasteiger partial charge < -0.3 is 5.32 Å². The number of carbonyl (C=O) groups is 1. The molecular weight excluding hydrogens is 428 g/mol. The van der Waals surface area contributed by atoms with Gasteiger partial charge in [0.05, 0.1) is 22.8 Å². The average Bonchev–Trinajstić information content (AvgIpc) is 3.41. The smallest absolute Gasteiger partial charge is 0.272 e. The van der Waals surface area contributed by atoms with Crippen molar-refractivity contribution < 1.29 is 4.79 Å². The second-order valence-corrected chi connectivity index (χ2v) is 10.3. The molecule has 1 aliphatic rings. The normalized spacial score (nSPS) is 13.4. The van der Waals surface area contributed by atoms with Crippen LogP contribution >= 0.6 is 11.3 Å². The van der Waals surface area contributed by atoms with Gasteiger partial charge in [-0.1, -0.05) is 56.3 Å². The molecule has 2 aromatic heterocycles. The van der Waals surface area contributed by atoms with Crippen LogP contribution in [0.5, 0.6) is 0 Å². The Morgan fingerprint density at radius 2 is 1.88 bits per heavy atom. The van der Waals surface area contributed by atoms with Gasteiger partial charge in [0.2, 0.25) is 0 Å². The van der Waals surface area contributed by atoms with Crippen molar-refractivity contribution in [3.63, 3.8) is 0 Å². The van der Waals surface area contributed by atoms with Gasteiger partial charge in [-0.3, -0.25) is 9.48 Å². The number of nitrogens with zero attached hydrogens (tertiary/aromatic N) is 3. The van der Waals surface area contributed by atoms with Crippen molar-refractivity contribution in [2.75, 3.05) is 6.54 Å². The quantitative estimate of drug-likeness (QED) is 0.397. The number of nitrogens with one attached hydrogen (secondary N) is 1. The van der Waals surface area contributed by atoms with E-state index < -0.39 is 0 Å². The van der Waals surface area contributed by atoms with Crippen LogP contribution in [0.3, 0.4) is 0 Å². The predicted molar refractivity (Wildman–Crippen MR) is 134 cm³/mol. The van der Waals surface area contributed by atoms with Gasteiger partial charge in [-0.25, -0.2) is 4.98 Å². The Kier molecular flexibility index (Phi) is 6.27. The molecule has 0 aliphatic heterocycles. The molecule has 2 heterocycles. The van der Waals surface area contributed by atoms with Crippen molar-refractivity contribution >= 4 is 28.1 Å².